The molecule has 1 heterocycles. The van der Waals surface area contributed by atoms with Gasteiger partial charge in [-0.2, -0.15) is 0 Å². The summed E-state index contributed by atoms with van der Waals surface area (Å²) in [6, 6.07) is 1.67. The van der Waals surface area contributed by atoms with Crippen molar-refractivity contribution in [1.29, 1.82) is 0 Å². The van der Waals surface area contributed by atoms with Gasteiger partial charge in [0.1, 0.15) is 4.21 Å². The number of aryl methyl sites for hydroxylation is 1. The Labute approximate surface area is 120 Å². The van der Waals surface area contributed by atoms with Gasteiger partial charge in [-0.1, -0.05) is 0 Å². The number of nitrogens with one attached hydrogen (secondary N) is 1. The van der Waals surface area contributed by atoms with Crippen LogP contribution in [0.3, 0.4) is 0 Å². The van der Waals surface area contributed by atoms with Crippen molar-refractivity contribution in [3.8, 4) is 0 Å². The van der Waals surface area contributed by atoms with Crippen molar-refractivity contribution < 1.29 is 13.5 Å². The van der Waals surface area contributed by atoms with E-state index in [0.717, 1.165) is 22.2 Å². The van der Waals surface area contributed by atoms with E-state index < -0.39 is 10.0 Å². The highest BCUT2D eigenvalue weighted by Gasteiger charge is 2.25. The minimum Gasteiger partial charge on any atom is -0.393 e. The van der Waals surface area contributed by atoms with E-state index in [1.54, 1.807) is 6.07 Å². The Kier molecular flexibility index (Phi) is 4.48. The quantitative estimate of drug-likeness (QED) is 0.872. The molecule has 1 aliphatic rings. The van der Waals surface area contributed by atoms with Gasteiger partial charge in [-0.25, -0.2) is 13.1 Å². The molecule has 102 valence electrons. The van der Waals surface area contributed by atoms with Gasteiger partial charge in [0.05, 0.1) is 9.89 Å². The first-order valence-corrected chi connectivity index (χ1v) is 8.91. The highest BCUT2D eigenvalue weighted by atomic mass is 79.9. The molecule has 0 amide bonds. The molecule has 0 aliphatic heterocycles. The molecule has 7 heteroatoms. The molecule has 2 unspecified atom stereocenters. The molecule has 1 fully saturated rings. The summed E-state index contributed by atoms with van der Waals surface area (Å²) in [4.78, 5) is 0. The Morgan fingerprint density at radius 1 is 1.56 bits per heavy atom. The summed E-state index contributed by atoms with van der Waals surface area (Å²) in [5.74, 6) is 0.249. The molecular weight excluding hydrogens is 338 g/mol. The summed E-state index contributed by atoms with van der Waals surface area (Å²) < 4.78 is 27.9. The fraction of sp³-hybridized carbons (Fsp3) is 0.636. The smallest absolute Gasteiger partial charge is 0.250 e. The van der Waals surface area contributed by atoms with Crippen molar-refractivity contribution in [2.75, 3.05) is 6.54 Å². The molecule has 0 radical (unpaired) electrons. The van der Waals surface area contributed by atoms with Gasteiger partial charge in [-0.05, 0) is 59.7 Å². The molecule has 0 bridgehead atoms. The zero-order valence-electron chi connectivity index (χ0n) is 10.0. The lowest BCUT2D eigenvalue weighted by molar-refractivity contribution is 0.178. The number of halogens is 1. The number of aliphatic hydroxyl groups is 1. The highest BCUT2D eigenvalue weighted by Crippen LogP contribution is 2.31. The van der Waals surface area contributed by atoms with E-state index in [-0.39, 0.29) is 12.0 Å². The van der Waals surface area contributed by atoms with Crippen LogP contribution in [0.25, 0.3) is 0 Å². The van der Waals surface area contributed by atoms with Crippen LogP contribution in [0, 0.1) is 12.8 Å². The van der Waals surface area contributed by atoms with E-state index in [1.807, 2.05) is 6.92 Å². The lowest BCUT2D eigenvalue weighted by Crippen LogP contribution is -2.28. The van der Waals surface area contributed by atoms with E-state index in [4.69, 9.17) is 0 Å². The average Bonchev–Trinajstić information content (AvgIpc) is 2.84. The Hall–Kier alpha value is 0.0500. The topological polar surface area (TPSA) is 66.4 Å². The van der Waals surface area contributed by atoms with Crippen LogP contribution in [0.4, 0.5) is 0 Å². The molecule has 0 saturated heterocycles. The van der Waals surface area contributed by atoms with Crippen LogP contribution in [0.2, 0.25) is 0 Å². The van der Waals surface area contributed by atoms with E-state index in [2.05, 4.69) is 20.7 Å². The monoisotopic (exact) mass is 353 g/mol. The molecule has 1 aromatic rings. The molecule has 4 nitrogen and oxygen atoms in total. The summed E-state index contributed by atoms with van der Waals surface area (Å²) in [6.07, 6.45) is 2.08. The average molecular weight is 354 g/mol. The number of hydrogen-bond acceptors (Lipinski definition) is 4. The first-order chi connectivity index (χ1) is 8.38. The standard InChI is InChI=1S/C11H16BrNO3S2/c1-7-4-10(17-11(7)12)18(15,16)13-6-8-2-3-9(14)5-8/h4,8-9,13-14H,2-3,5-6H2,1H3. The molecule has 2 rings (SSSR count). The maximum absolute atomic E-state index is 12.1. The van der Waals surface area contributed by atoms with Gasteiger partial charge < -0.3 is 5.11 Å². The van der Waals surface area contributed by atoms with Crippen molar-refractivity contribution in [3.63, 3.8) is 0 Å². The third-order valence-electron chi connectivity index (χ3n) is 3.18. The van der Waals surface area contributed by atoms with E-state index in [1.165, 1.54) is 11.3 Å². The van der Waals surface area contributed by atoms with Gasteiger partial charge in [0.15, 0.2) is 0 Å². The fourth-order valence-electron chi connectivity index (χ4n) is 2.10. The number of rotatable bonds is 4. The van der Waals surface area contributed by atoms with Gasteiger partial charge >= 0.3 is 0 Å². The minimum atomic E-state index is -3.41. The van der Waals surface area contributed by atoms with Crippen molar-refractivity contribution in [3.05, 3.63) is 15.4 Å². The Balaban J connectivity index is 1.99. The van der Waals surface area contributed by atoms with E-state index in [0.29, 0.717) is 17.2 Å². The largest absolute Gasteiger partial charge is 0.393 e. The molecule has 2 N–H and O–H groups in total. The lowest BCUT2D eigenvalue weighted by Gasteiger charge is -2.10. The second-order valence-corrected chi connectivity index (χ2v) is 9.07. The number of hydrogen-bond donors (Lipinski definition) is 2. The number of thiophene rings is 1. The molecule has 0 spiro atoms. The zero-order chi connectivity index (χ0) is 13.3. The Morgan fingerprint density at radius 2 is 2.28 bits per heavy atom. The maximum atomic E-state index is 12.1. The van der Waals surface area contributed by atoms with Crippen LogP contribution in [-0.2, 0) is 10.0 Å². The van der Waals surface area contributed by atoms with Crippen LogP contribution >= 0.6 is 27.3 Å². The predicted molar refractivity (Wildman–Crippen MR) is 75.3 cm³/mol. The van der Waals surface area contributed by atoms with Gasteiger partial charge in [-0.3, -0.25) is 0 Å². The third-order valence-corrected chi connectivity index (χ3v) is 7.21. The highest BCUT2D eigenvalue weighted by molar-refractivity contribution is 9.11. The maximum Gasteiger partial charge on any atom is 0.250 e. The second-order valence-electron chi connectivity index (χ2n) is 4.71. The summed E-state index contributed by atoms with van der Waals surface area (Å²) >= 11 is 4.55. The van der Waals surface area contributed by atoms with Crippen LogP contribution in [0.5, 0.6) is 0 Å². The SMILES string of the molecule is Cc1cc(S(=O)(=O)NCC2CCC(O)C2)sc1Br. The van der Waals surface area contributed by atoms with Crippen LogP contribution in [0.15, 0.2) is 14.1 Å². The van der Waals surface area contributed by atoms with Gasteiger partial charge in [0.25, 0.3) is 0 Å². The van der Waals surface area contributed by atoms with Crippen LogP contribution < -0.4 is 4.72 Å². The van der Waals surface area contributed by atoms with Crippen molar-refractivity contribution in [1.82, 2.24) is 4.72 Å². The number of aliphatic hydroxyl groups excluding tert-OH is 1. The second kappa shape index (κ2) is 5.58. The Bertz CT molecular complexity index is 507. The van der Waals surface area contributed by atoms with Gasteiger partial charge in [0.2, 0.25) is 10.0 Å². The summed E-state index contributed by atoms with van der Waals surface area (Å²) in [5, 5.41) is 9.40. The van der Waals surface area contributed by atoms with Gasteiger partial charge in [0, 0.05) is 6.54 Å². The van der Waals surface area contributed by atoms with E-state index in [9.17, 15) is 13.5 Å². The predicted octanol–water partition coefficient (Wildman–Crippen LogP) is 2.26. The van der Waals surface area contributed by atoms with E-state index >= 15 is 0 Å². The Morgan fingerprint density at radius 3 is 2.78 bits per heavy atom. The van der Waals surface area contributed by atoms with Crippen LogP contribution in [0.1, 0.15) is 24.8 Å². The molecule has 1 aromatic heterocycles. The normalized spacial score (nSPS) is 24.6. The first kappa shape index (κ1) is 14.5. The molecule has 18 heavy (non-hydrogen) atoms. The van der Waals surface area contributed by atoms with Crippen molar-refractivity contribution in [2.24, 2.45) is 5.92 Å². The molecular formula is C11H16BrNO3S2. The minimum absolute atomic E-state index is 0.249. The molecule has 2 atom stereocenters. The molecule has 1 aliphatic carbocycles. The summed E-state index contributed by atoms with van der Waals surface area (Å²) in [5.41, 5.74) is 0.927. The third kappa shape index (κ3) is 3.33. The fourth-order valence-corrected chi connectivity index (χ4v) is 5.48. The van der Waals surface area contributed by atoms with Crippen molar-refractivity contribution in [2.45, 2.75) is 36.5 Å². The van der Waals surface area contributed by atoms with Crippen molar-refractivity contribution >= 4 is 37.3 Å². The molecule has 1 saturated carbocycles. The molecule has 0 aromatic carbocycles. The lowest BCUT2D eigenvalue weighted by atomic mass is 10.1. The first-order valence-electron chi connectivity index (χ1n) is 5.82. The summed E-state index contributed by atoms with van der Waals surface area (Å²) in [6.45, 7) is 2.28. The zero-order valence-corrected chi connectivity index (χ0v) is 13.2. The summed E-state index contributed by atoms with van der Waals surface area (Å²) in [7, 11) is -3.41. The van der Waals surface area contributed by atoms with Gasteiger partial charge in [-0.15, -0.1) is 11.3 Å². The van der Waals surface area contributed by atoms with Crippen LogP contribution in [-0.4, -0.2) is 26.2 Å². The number of sulfonamides is 1.